The molecule has 3 rings (SSSR count). The van der Waals surface area contributed by atoms with Crippen LogP contribution >= 0.6 is 0 Å². The Bertz CT molecular complexity index is 795. The van der Waals surface area contributed by atoms with E-state index < -0.39 is 0 Å². The van der Waals surface area contributed by atoms with E-state index in [1.165, 1.54) is 11.6 Å². The second kappa shape index (κ2) is 5.12. The summed E-state index contributed by atoms with van der Waals surface area (Å²) in [5.41, 5.74) is 0.211. The Morgan fingerprint density at radius 2 is 2.10 bits per heavy atom. The number of nitrogens with one attached hydrogen (secondary N) is 1. The van der Waals surface area contributed by atoms with Crippen LogP contribution in [0.15, 0.2) is 9.59 Å². The lowest BCUT2D eigenvalue weighted by Crippen LogP contribution is -2.38. The van der Waals surface area contributed by atoms with Gasteiger partial charge in [0, 0.05) is 33.8 Å². The molecule has 1 saturated heterocycles. The normalized spacial score (nSPS) is 18.7. The van der Waals surface area contributed by atoms with Crippen molar-refractivity contribution in [1.29, 1.82) is 0 Å². The average Bonchev–Trinajstić information content (AvgIpc) is 3.10. The van der Waals surface area contributed by atoms with Crippen LogP contribution in [0.1, 0.15) is 18.3 Å². The van der Waals surface area contributed by atoms with Crippen molar-refractivity contribution in [3.8, 4) is 0 Å². The van der Waals surface area contributed by atoms with Crippen molar-refractivity contribution in [2.75, 3.05) is 20.2 Å². The number of imidazole rings is 1. The molecule has 0 saturated carbocycles. The minimum atomic E-state index is -0.370. The molecule has 1 unspecified atom stereocenters. The van der Waals surface area contributed by atoms with Crippen LogP contribution in [-0.4, -0.2) is 38.9 Å². The first-order valence-corrected chi connectivity index (χ1v) is 6.92. The molecule has 0 spiro atoms. The number of nitrogens with zero attached hydrogens (tertiary/aromatic N) is 4. The second-order valence-corrected chi connectivity index (χ2v) is 5.36. The van der Waals surface area contributed by atoms with Gasteiger partial charge >= 0.3 is 5.69 Å². The predicted molar refractivity (Wildman–Crippen MR) is 77.5 cm³/mol. The van der Waals surface area contributed by atoms with E-state index in [2.05, 4.69) is 10.3 Å². The lowest BCUT2D eigenvalue weighted by atomic mass is 10.2. The molecule has 114 valence electrons. The van der Waals surface area contributed by atoms with Crippen LogP contribution in [0.3, 0.4) is 0 Å². The van der Waals surface area contributed by atoms with E-state index in [9.17, 15) is 9.59 Å². The Morgan fingerprint density at radius 1 is 1.33 bits per heavy atom. The first kappa shape index (κ1) is 14.0. The smallest absolute Gasteiger partial charge is 0.332 e. The molecule has 1 aliphatic heterocycles. The highest BCUT2D eigenvalue weighted by Crippen LogP contribution is 2.22. The van der Waals surface area contributed by atoms with Crippen LogP contribution in [0.4, 0.5) is 0 Å². The zero-order valence-electron chi connectivity index (χ0n) is 12.4. The maximum absolute atomic E-state index is 12.5. The molecule has 2 aromatic heterocycles. The van der Waals surface area contributed by atoms with Gasteiger partial charge in [0.25, 0.3) is 5.56 Å². The molecule has 1 N–H and O–H groups in total. The first-order chi connectivity index (χ1) is 10.1. The van der Waals surface area contributed by atoms with E-state index in [0.717, 1.165) is 24.1 Å². The van der Waals surface area contributed by atoms with Crippen molar-refractivity contribution in [2.45, 2.75) is 19.1 Å². The molecule has 21 heavy (non-hydrogen) atoms. The quantitative estimate of drug-likeness (QED) is 0.794. The third kappa shape index (κ3) is 2.02. The van der Waals surface area contributed by atoms with E-state index in [4.69, 9.17) is 4.74 Å². The van der Waals surface area contributed by atoms with Gasteiger partial charge in [-0.15, -0.1) is 0 Å². The van der Waals surface area contributed by atoms with Gasteiger partial charge < -0.3 is 14.6 Å². The summed E-state index contributed by atoms with van der Waals surface area (Å²) in [5.74, 6) is 0.680. The number of methoxy groups -OCH3 is 1. The van der Waals surface area contributed by atoms with Gasteiger partial charge in [-0.25, -0.2) is 9.78 Å². The number of hydrogen-bond acceptors (Lipinski definition) is 5. The highest BCUT2D eigenvalue weighted by Gasteiger charge is 2.26. The van der Waals surface area contributed by atoms with Gasteiger partial charge in [-0.2, -0.15) is 0 Å². The Balaban J connectivity index is 2.39. The van der Waals surface area contributed by atoms with Crippen LogP contribution in [0.5, 0.6) is 0 Å². The first-order valence-electron chi connectivity index (χ1n) is 6.92. The topological polar surface area (TPSA) is 83.1 Å². The van der Waals surface area contributed by atoms with E-state index in [-0.39, 0.29) is 17.3 Å². The molecule has 0 aliphatic carbocycles. The fourth-order valence-corrected chi connectivity index (χ4v) is 2.94. The Kier molecular flexibility index (Phi) is 3.42. The molecule has 0 amide bonds. The Morgan fingerprint density at radius 3 is 2.71 bits per heavy atom. The molecule has 0 radical (unpaired) electrons. The number of aromatic nitrogens is 4. The molecule has 8 nitrogen and oxygen atoms in total. The lowest BCUT2D eigenvalue weighted by Gasteiger charge is -2.15. The summed E-state index contributed by atoms with van der Waals surface area (Å²) in [6, 6.07) is 0.158. The predicted octanol–water partition coefficient (Wildman–Crippen LogP) is -0.885. The maximum Gasteiger partial charge on any atom is 0.332 e. The van der Waals surface area contributed by atoms with Crippen LogP contribution in [0.25, 0.3) is 11.2 Å². The van der Waals surface area contributed by atoms with Crippen molar-refractivity contribution in [3.63, 3.8) is 0 Å². The Labute approximate surface area is 121 Å². The van der Waals surface area contributed by atoms with Gasteiger partial charge in [0.15, 0.2) is 11.2 Å². The molecular formula is C13H19N5O3. The minimum absolute atomic E-state index is 0.158. The van der Waals surface area contributed by atoms with Crippen LogP contribution in [0, 0.1) is 0 Å². The molecule has 3 heterocycles. The fraction of sp³-hybridized carbons (Fsp3) is 0.615. The zero-order valence-corrected chi connectivity index (χ0v) is 12.4. The zero-order chi connectivity index (χ0) is 15.1. The number of ether oxygens (including phenoxy) is 1. The van der Waals surface area contributed by atoms with Gasteiger partial charge in [-0.1, -0.05) is 0 Å². The Hall–Kier alpha value is -1.93. The van der Waals surface area contributed by atoms with Crippen molar-refractivity contribution in [2.24, 2.45) is 14.1 Å². The highest BCUT2D eigenvalue weighted by molar-refractivity contribution is 5.71. The minimum Gasteiger partial charge on any atom is -0.377 e. The summed E-state index contributed by atoms with van der Waals surface area (Å²) in [4.78, 5) is 29.0. The van der Waals surface area contributed by atoms with Crippen molar-refractivity contribution in [1.82, 2.24) is 24.0 Å². The fourth-order valence-electron chi connectivity index (χ4n) is 2.94. The van der Waals surface area contributed by atoms with E-state index in [0.29, 0.717) is 23.6 Å². The van der Waals surface area contributed by atoms with Crippen molar-refractivity contribution < 1.29 is 4.74 Å². The number of aryl methyl sites for hydroxylation is 1. The molecule has 1 atom stereocenters. The van der Waals surface area contributed by atoms with Crippen LogP contribution in [-0.2, 0) is 25.4 Å². The third-order valence-electron chi connectivity index (χ3n) is 4.04. The summed E-state index contributed by atoms with van der Waals surface area (Å²) in [6.07, 6.45) is 0.925. The van der Waals surface area contributed by atoms with E-state index in [1.54, 1.807) is 14.2 Å². The summed E-state index contributed by atoms with van der Waals surface area (Å²) in [5, 5.41) is 3.29. The average molecular weight is 293 g/mol. The number of fused-ring (bicyclic) bond motifs is 1. The standard InChI is InChI=1S/C13H19N5O3/c1-16-11-10(12(19)17(2)13(16)20)18(8-4-5-14-6-8)9(15-11)7-21-3/h8,14H,4-7H2,1-3H3. The number of rotatable bonds is 3. The van der Waals surface area contributed by atoms with Gasteiger partial charge in [0.1, 0.15) is 12.4 Å². The molecular weight excluding hydrogens is 274 g/mol. The monoisotopic (exact) mass is 293 g/mol. The summed E-state index contributed by atoms with van der Waals surface area (Å²) in [6.45, 7) is 2.00. The van der Waals surface area contributed by atoms with Crippen LogP contribution in [0.2, 0.25) is 0 Å². The van der Waals surface area contributed by atoms with Gasteiger partial charge in [-0.05, 0) is 13.0 Å². The third-order valence-corrected chi connectivity index (χ3v) is 4.04. The summed E-state index contributed by atoms with van der Waals surface area (Å²) >= 11 is 0. The van der Waals surface area contributed by atoms with E-state index >= 15 is 0 Å². The second-order valence-electron chi connectivity index (χ2n) is 5.36. The summed E-state index contributed by atoms with van der Waals surface area (Å²) < 4.78 is 9.67. The molecule has 1 aliphatic rings. The molecule has 0 bridgehead atoms. The highest BCUT2D eigenvalue weighted by atomic mass is 16.5. The van der Waals surface area contributed by atoms with Gasteiger partial charge in [0.2, 0.25) is 0 Å². The van der Waals surface area contributed by atoms with Crippen LogP contribution < -0.4 is 16.6 Å². The molecule has 8 heteroatoms. The number of hydrogen-bond donors (Lipinski definition) is 1. The SMILES string of the molecule is COCc1nc2c(c(=O)n(C)c(=O)n2C)n1C1CCNC1. The van der Waals surface area contributed by atoms with Crippen molar-refractivity contribution >= 4 is 11.2 Å². The largest absolute Gasteiger partial charge is 0.377 e. The van der Waals surface area contributed by atoms with Crippen molar-refractivity contribution in [3.05, 3.63) is 26.7 Å². The molecule has 1 fully saturated rings. The van der Waals surface area contributed by atoms with Gasteiger partial charge in [0.05, 0.1) is 0 Å². The maximum atomic E-state index is 12.5. The molecule has 2 aromatic rings. The lowest BCUT2D eigenvalue weighted by molar-refractivity contribution is 0.173. The van der Waals surface area contributed by atoms with E-state index in [1.807, 2.05) is 4.57 Å². The molecule has 0 aromatic carbocycles. The van der Waals surface area contributed by atoms with Gasteiger partial charge in [-0.3, -0.25) is 13.9 Å². The summed E-state index contributed by atoms with van der Waals surface area (Å²) in [7, 11) is 4.71.